The fourth-order valence-electron chi connectivity index (χ4n) is 3.14. The van der Waals surface area contributed by atoms with Gasteiger partial charge in [-0.3, -0.25) is 14.8 Å². The largest absolute Gasteiger partial charge is 0.355 e. The highest BCUT2D eigenvalue weighted by Crippen LogP contribution is 2.28. The summed E-state index contributed by atoms with van der Waals surface area (Å²) in [6.45, 7) is 6.91. The summed E-state index contributed by atoms with van der Waals surface area (Å²) in [4.78, 5) is 23.1. The van der Waals surface area contributed by atoms with Crippen LogP contribution in [0.5, 0.6) is 0 Å². The van der Waals surface area contributed by atoms with Gasteiger partial charge in [0.05, 0.1) is 17.5 Å². The Kier molecular flexibility index (Phi) is 4.89. The summed E-state index contributed by atoms with van der Waals surface area (Å²) in [7, 11) is 1.64. The molecule has 0 aliphatic carbocycles. The van der Waals surface area contributed by atoms with Gasteiger partial charge in [0, 0.05) is 49.9 Å². The zero-order valence-electron chi connectivity index (χ0n) is 14.4. The smallest absolute Gasteiger partial charge is 0.254 e. The molecule has 0 radical (unpaired) electrons. The Morgan fingerprint density at radius 1 is 1.38 bits per heavy atom. The highest BCUT2D eigenvalue weighted by molar-refractivity contribution is 5.95. The zero-order valence-corrected chi connectivity index (χ0v) is 14.4. The molecule has 7 heteroatoms. The number of carbonyl (C=O) groups excluding carboxylic acids is 1. The molecule has 24 heavy (non-hydrogen) atoms. The Morgan fingerprint density at radius 2 is 2.12 bits per heavy atom. The lowest BCUT2D eigenvalue weighted by Crippen LogP contribution is -2.22. The predicted molar refractivity (Wildman–Crippen MR) is 90.7 cm³/mol. The number of hydrogen-bond donors (Lipinski definition) is 2. The first kappa shape index (κ1) is 16.6. The second-order valence-electron chi connectivity index (χ2n) is 6.60. The number of amides is 1. The van der Waals surface area contributed by atoms with Crippen LogP contribution in [0.25, 0.3) is 0 Å². The third-order valence-electron chi connectivity index (χ3n) is 4.47. The van der Waals surface area contributed by atoms with Crippen LogP contribution >= 0.6 is 0 Å². The van der Waals surface area contributed by atoms with E-state index < -0.39 is 0 Å². The number of aromatic nitrogens is 4. The maximum absolute atomic E-state index is 11.9. The minimum atomic E-state index is -0.0881. The number of H-pyrrole nitrogens is 1. The average Bonchev–Trinajstić information content (AvgIpc) is 3.23. The van der Waals surface area contributed by atoms with E-state index in [2.05, 4.69) is 44.2 Å². The summed E-state index contributed by atoms with van der Waals surface area (Å²) >= 11 is 0. The zero-order chi connectivity index (χ0) is 17.1. The van der Waals surface area contributed by atoms with Crippen molar-refractivity contribution in [1.82, 2.24) is 30.4 Å². The first-order valence-electron chi connectivity index (χ1n) is 8.37. The topological polar surface area (TPSA) is 86.8 Å². The van der Waals surface area contributed by atoms with Crippen LogP contribution in [0.3, 0.4) is 0 Å². The van der Waals surface area contributed by atoms with Crippen LogP contribution in [-0.2, 0) is 6.54 Å². The van der Waals surface area contributed by atoms with E-state index in [0.717, 1.165) is 43.1 Å². The van der Waals surface area contributed by atoms with Gasteiger partial charge in [0.15, 0.2) is 0 Å². The third-order valence-corrected chi connectivity index (χ3v) is 4.47. The monoisotopic (exact) mass is 328 g/mol. The van der Waals surface area contributed by atoms with Crippen molar-refractivity contribution in [3.8, 4) is 0 Å². The van der Waals surface area contributed by atoms with E-state index in [1.54, 1.807) is 13.2 Å². The molecule has 1 atom stereocenters. The van der Waals surface area contributed by atoms with E-state index in [-0.39, 0.29) is 5.91 Å². The summed E-state index contributed by atoms with van der Waals surface area (Å²) in [6.07, 6.45) is 6.45. The van der Waals surface area contributed by atoms with E-state index in [1.807, 2.05) is 12.4 Å². The molecule has 3 rings (SSSR count). The highest BCUT2D eigenvalue weighted by atomic mass is 16.1. The summed E-state index contributed by atoms with van der Waals surface area (Å²) in [5, 5.41) is 9.72. The van der Waals surface area contributed by atoms with Crippen LogP contribution in [0.2, 0.25) is 0 Å². The summed E-state index contributed by atoms with van der Waals surface area (Å²) < 4.78 is 0. The van der Waals surface area contributed by atoms with Crippen molar-refractivity contribution in [3.63, 3.8) is 0 Å². The van der Waals surface area contributed by atoms with Gasteiger partial charge in [0.1, 0.15) is 5.82 Å². The first-order chi connectivity index (χ1) is 11.6. The molecule has 0 aromatic carbocycles. The Morgan fingerprint density at radius 3 is 2.79 bits per heavy atom. The fraction of sp³-hybridized carbons (Fsp3) is 0.529. The number of carbonyl (C=O) groups is 1. The van der Waals surface area contributed by atoms with Crippen molar-refractivity contribution in [1.29, 1.82) is 0 Å². The fourth-order valence-corrected chi connectivity index (χ4v) is 3.14. The number of aromatic amines is 1. The quantitative estimate of drug-likeness (QED) is 0.872. The number of rotatable bonds is 5. The van der Waals surface area contributed by atoms with Crippen molar-refractivity contribution in [2.24, 2.45) is 0 Å². The standard InChI is InChI=1S/C17H24N6O/c1-11(2)16-19-6-12(7-20-16)9-23-5-4-13(10-23)15-14(8-21-22-15)17(24)18-3/h6-8,11,13H,4-5,9-10H2,1-3H3,(H,18,24)(H,21,22)/t13-/m1/s1. The Bertz CT molecular complexity index is 693. The SMILES string of the molecule is CNC(=O)c1cn[nH]c1[C@@H]1CCN(Cc2cnc(C(C)C)nc2)C1. The summed E-state index contributed by atoms with van der Waals surface area (Å²) in [5.41, 5.74) is 2.70. The van der Waals surface area contributed by atoms with Crippen LogP contribution in [0, 0.1) is 0 Å². The summed E-state index contributed by atoms with van der Waals surface area (Å²) in [6, 6.07) is 0. The molecule has 7 nitrogen and oxygen atoms in total. The molecular formula is C17H24N6O. The van der Waals surface area contributed by atoms with Crippen LogP contribution in [0.4, 0.5) is 0 Å². The molecule has 128 valence electrons. The number of likely N-dealkylation sites (tertiary alicyclic amines) is 1. The molecule has 1 amide bonds. The second-order valence-corrected chi connectivity index (χ2v) is 6.60. The maximum Gasteiger partial charge on any atom is 0.254 e. The lowest BCUT2D eigenvalue weighted by atomic mass is 10.0. The molecule has 0 spiro atoms. The molecule has 2 N–H and O–H groups in total. The molecule has 1 saturated heterocycles. The molecular weight excluding hydrogens is 304 g/mol. The van der Waals surface area contributed by atoms with Crippen molar-refractivity contribution in [3.05, 3.63) is 41.2 Å². The summed E-state index contributed by atoms with van der Waals surface area (Å²) in [5.74, 6) is 1.44. The van der Waals surface area contributed by atoms with Gasteiger partial charge < -0.3 is 5.32 Å². The molecule has 0 saturated carbocycles. The van der Waals surface area contributed by atoms with Crippen LogP contribution in [0.1, 0.15) is 59.5 Å². The van der Waals surface area contributed by atoms with Gasteiger partial charge in [-0.15, -0.1) is 0 Å². The average molecular weight is 328 g/mol. The van der Waals surface area contributed by atoms with Crippen molar-refractivity contribution in [2.45, 2.75) is 38.6 Å². The van der Waals surface area contributed by atoms with Gasteiger partial charge in [0.2, 0.25) is 0 Å². The van der Waals surface area contributed by atoms with E-state index in [1.165, 1.54) is 0 Å². The van der Waals surface area contributed by atoms with Gasteiger partial charge in [-0.1, -0.05) is 13.8 Å². The molecule has 1 fully saturated rings. The third kappa shape index (κ3) is 3.46. The Hall–Kier alpha value is -2.28. The molecule has 2 aromatic heterocycles. The minimum Gasteiger partial charge on any atom is -0.355 e. The molecule has 0 bridgehead atoms. The van der Waals surface area contributed by atoms with Gasteiger partial charge in [-0.2, -0.15) is 5.10 Å². The van der Waals surface area contributed by atoms with Crippen LogP contribution in [-0.4, -0.2) is 51.1 Å². The maximum atomic E-state index is 11.9. The highest BCUT2D eigenvalue weighted by Gasteiger charge is 2.28. The second kappa shape index (κ2) is 7.09. The lowest BCUT2D eigenvalue weighted by Gasteiger charge is -2.16. The van der Waals surface area contributed by atoms with Gasteiger partial charge in [0.25, 0.3) is 5.91 Å². The van der Waals surface area contributed by atoms with Crippen molar-refractivity contribution in [2.75, 3.05) is 20.1 Å². The minimum absolute atomic E-state index is 0.0881. The molecule has 2 aromatic rings. The number of hydrogen-bond acceptors (Lipinski definition) is 5. The van der Waals surface area contributed by atoms with Gasteiger partial charge in [-0.25, -0.2) is 9.97 Å². The van der Waals surface area contributed by atoms with Crippen molar-refractivity contribution < 1.29 is 4.79 Å². The van der Waals surface area contributed by atoms with Crippen LogP contribution < -0.4 is 5.32 Å². The van der Waals surface area contributed by atoms with E-state index in [9.17, 15) is 4.79 Å². The predicted octanol–water partition coefficient (Wildman–Crippen LogP) is 1.67. The van der Waals surface area contributed by atoms with Gasteiger partial charge >= 0.3 is 0 Å². The Balaban J connectivity index is 1.63. The van der Waals surface area contributed by atoms with Gasteiger partial charge in [-0.05, 0) is 13.0 Å². The molecule has 0 unspecified atom stereocenters. The van der Waals surface area contributed by atoms with Crippen LogP contribution in [0.15, 0.2) is 18.6 Å². The number of nitrogens with zero attached hydrogens (tertiary/aromatic N) is 4. The lowest BCUT2D eigenvalue weighted by molar-refractivity contribution is 0.0961. The Labute approximate surface area is 141 Å². The number of nitrogens with one attached hydrogen (secondary N) is 2. The van der Waals surface area contributed by atoms with E-state index in [4.69, 9.17) is 0 Å². The normalized spacial score (nSPS) is 18.2. The first-order valence-corrected chi connectivity index (χ1v) is 8.37. The molecule has 3 heterocycles. The molecule has 1 aliphatic rings. The molecule has 1 aliphatic heterocycles. The van der Waals surface area contributed by atoms with E-state index in [0.29, 0.717) is 17.4 Å². The van der Waals surface area contributed by atoms with E-state index >= 15 is 0 Å². The van der Waals surface area contributed by atoms with Crippen molar-refractivity contribution >= 4 is 5.91 Å².